The van der Waals surface area contributed by atoms with Crippen molar-refractivity contribution in [3.05, 3.63) is 0 Å². The van der Waals surface area contributed by atoms with Crippen molar-refractivity contribution in [1.82, 2.24) is 31.6 Å². The first-order valence-electron chi connectivity index (χ1n) is 31.4. The first-order valence-corrected chi connectivity index (χ1v) is 31.4. The van der Waals surface area contributed by atoms with Gasteiger partial charge in [-0.05, 0) is 109 Å². The zero-order valence-corrected chi connectivity index (χ0v) is 56.2. The number of carbonyl (C=O) groups excluding carboxylic acids is 8. The summed E-state index contributed by atoms with van der Waals surface area (Å²) in [7, 11) is 0. The summed E-state index contributed by atoms with van der Waals surface area (Å²) in [6.45, 7) is 23.0. The number of nitrogens with two attached hydrogens (primary N) is 1. The molecule has 32 heteroatoms. The smallest absolute Gasteiger partial charge is 0.407 e. The van der Waals surface area contributed by atoms with Crippen molar-refractivity contribution in [2.75, 3.05) is 13.1 Å². The minimum atomic E-state index is -1.65. The third kappa shape index (κ3) is 26.8. The van der Waals surface area contributed by atoms with Gasteiger partial charge in [-0.25, -0.2) is 24.0 Å². The summed E-state index contributed by atoms with van der Waals surface area (Å²) in [5, 5.41) is 99.3. The molecule has 5 aliphatic rings. The van der Waals surface area contributed by atoms with Crippen molar-refractivity contribution in [3.8, 4) is 24.7 Å². The number of rotatable bonds is 18. The highest BCUT2D eigenvalue weighted by atomic mass is 16.7. The Morgan fingerprint density at radius 3 is 1.21 bits per heavy atom. The predicted molar refractivity (Wildman–Crippen MR) is 330 cm³/mol. The second-order valence-corrected chi connectivity index (χ2v) is 27.6. The number of hydrogen-bond acceptors (Lipinski definition) is 26. The van der Waals surface area contributed by atoms with E-state index in [1.165, 1.54) is 0 Å². The third-order valence-electron chi connectivity index (χ3n) is 14.8. The molecular weight excluding hydrogens is 1240 g/mol. The number of aliphatic hydroxyl groups is 8. The lowest BCUT2D eigenvalue weighted by Crippen LogP contribution is -2.67. The van der Waals surface area contributed by atoms with Gasteiger partial charge in [-0.3, -0.25) is 14.4 Å². The maximum atomic E-state index is 12.7. The van der Waals surface area contributed by atoms with Crippen LogP contribution in [-0.2, 0) is 61.9 Å². The fourth-order valence-electron chi connectivity index (χ4n) is 10.1. The molecule has 5 rings (SSSR count). The van der Waals surface area contributed by atoms with Crippen LogP contribution in [0, 0.1) is 36.5 Å². The molecule has 0 radical (unpaired) electrons. The van der Waals surface area contributed by atoms with E-state index in [1.807, 2.05) is 0 Å². The third-order valence-corrected chi connectivity index (χ3v) is 14.8. The van der Waals surface area contributed by atoms with E-state index >= 15 is 0 Å². The lowest BCUT2D eigenvalue weighted by molar-refractivity contribution is -0.304. The molecule has 536 valence electrons. The molecule has 8 unspecified atom stereocenters. The van der Waals surface area contributed by atoms with Gasteiger partial charge in [0.1, 0.15) is 83.4 Å². The number of nitrogens with zero attached hydrogens (tertiary/aromatic N) is 1. The van der Waals surface area contributed by atoms with Gasteiger partial charge < -0.3 is 116 Å². The van der Waals surface area contributed by atoms with Crippen molar-refractivity contribution in [3.63, 3.8) is 0 Å². The number of aliphatic hydroxyl groups excluding tert-OH is 8. The Morgan fingerprint density at radius 1 is 0.521 bits per heavy atom. The maximum Gasteiger partial charge on any atom is 0.407 e. The number of carbonyl (C=O) groups is 8. The molecule has 2 aliphatic carbocycles. The van der Waals surface area contributed by atoms with Gasteiger partial charge in [-0.15, -0.1) is 29.8 Å². The van der Waals surface area contributed by atoms with E-state index < -0.39 is 186 Å². The highest BCUT2D eigenvalue weighted by molar-refractivity contribution is 6.01. The summed E-state index contributed by atoms with van der Waals surface area (Å²) >= 11 is 0. The van der Waals surface area contributed by atoms with Gasteiger partial charge in [0.15, 0.2) is 12.6 Å². The second-order valence-electron chi connectivity index (χ2n) is 27.6. The van der Waals surface area contributed by atoms with E-state index in [0.717, 1.165) is 0 Å². The van der Waals surface area contributed by atoms with E-state index in [1.54, 1.807) is 96.9 Å². The van der Waals surface area contributed by atoms with Crippen LogP contribution in [0.1, 0.15) is 161 Å². The lowest BCUT2D eigenvalue weighted by Gasteiger charge is -2.47. The van der Waals surface area contributed by atoms with E-state index in [4.69, 9.17) is 56.5 Å². The molecule has 0 aromatic carbocycles. The van der Waals surface area contributed by atoms with Gasteiger partial charge >= 0.3 is 30.3 Å². The minimum Gasteiger partial charge on any atom is -0.444 e. The molecule has 20 atom stereocenters. The highest BCUT2D eigenvalue weighted by Gasteiger charge is 2.53. The highest BCUT2D eigenvalue weighted by Crippen LogP contribution is 2.34. The number of terminal acetylenes is 2. The van der Waals surface area contributed by atoms with E-state index in [-0.39, 0.29) is 57.5 Å². The number of alkyl carbamates (subject to hydrolysis) is 4. The van der Waals surface area contributed by atoms with Gasteiger partial charge in [0.25, 0.3) is 11.8 Å². The van der Waals surface area contributed by atoms with Crippen molar-refractivity contribution in [2.24, 2.45) is 17.6 Å². The first-order chi connectivity index (χ1) is 43.4. The molecule has 0 spiro atoms. The summed E-state index contributed by atoms with van der Waals surface area (Å²) in [6.07, 6.45) is -9.08. The van der Waals surface area contributed by atoms with Crippen LogP contribution in [0.15, 0.2) is 0 Å². The Bertz CT molecular complexity index is 2580. The number of hydrogen-bond donors (Lipinski definition) is 14. The molecule has 32 nitrogen and oxygen atoms in total. The molecule has 3 heterocycles. The largest absolute Gasteiger partial charge is 0.444 e. The van der Waals surface area contributed by atoms with Gasteiger partial charge in [0.2, 0.25) is 5.91 Å². The van der Waals surface area contributed by atoms with Crippen LogP contribution >= 0.6 is 0 Å². The molecule has 7 amide bonds. The second kappa shape index (κ2) is 36.2. The summed E-state index contributed by atoms with van der Waals surface area (Å²) < 4.78 is 44.9. The lowest BCUT2D eigenvalue weighted by atomic mass is 9.83. The topological polar surface area (TPSA) is 471 Å². The fourth-order valence-corrected chi connectivity index (χ4v) is 10.1. The van der Waals surface area contributed by atoms with Gasteiger partial charge in [0.05, 0.1) is 36.4 Å². The van der Waals surface area contributed by atoms with Gasteiger partial charge in [-0.1, -0.05) is 13.8 Å². The Hall–Kier alpha value is -6.24. The van der Waals surface area contributed by atoms with E-state index in [9.17, 15) is 79.2 Å². The maximum absolute atomic E-state index is 12.7. The SMILES string of the molecule is C#CCCCC(=O)NCC1O[C@H](O[C@@H]2C(NC(=O)OC(C)(C)C)C[C@@H](NC(=O)OC(C)(C)C)C(O)[C@H]2O)C(C)[C@@H](O)[C@@H]1O.C#CCCCC(=O)ON1C(=O)CCC1=O.CC1[C@@H](O[C@@H]2C(NC(=O)OC(C)(C)C)C[C@@H](NC(=O)OC(C)(C)C)C(O)[C@H]2O)OC(CN)[C@@H](O)[C@@H]1O. The Morgan fingerprint density at radius 2 is 0.862 bits per heavy atom. The van der Waals surface area contributed by atoms with Crippen LogP contribution in [0.4, 0.5) is 19.2 Å². The zero-order valence-electron chi connectivity index (χ0n) is 56.2. The summed E-state index contributed by atoms with van der Waals surface area (Å²) in [4.78, 5) is 100. The number of hydroxylamine groups is 2. The normalized spacial score (nSPS) is 32.0. The number of imide groups is 1. The summed E-state index contributed by atoms with van der Waals surface area (Å²) in [5.41, 5.74) is 2.38. The summed E-state index contributed by atoms with van der Waals surface area (Å²) in [5.74, 6) is 1.43. The number of nitrogens with one attached hydrogen (secondary N) is 5. The molecule has 5 fully saturated rings. The summed E-state index contributed by atoms with van der Waals surface area (Å²) in [6, 6.07) is -4.00. The average Bonchev–Trinajstić information content (AvgIpc) is 0.932. The first kappa shape index (κ1) is 82.0. The van der Waals surface area contributed by atoms with Crippen LogP contribution < -0.4 is 32.3 Å². The van der Waals surface area contributed by atoms with Crippen molar-refractivity contribution in [2.45, 2.75) is 294 Å². The molecule has 0 aromatic heterocycles. The zero-order chi connectivity index (χ0) is 71.5. The van der Waals surface area contributed by atoms with E-state index in [2.05, 4.69) is 43.3 Å². The molecule has 3 aliphatic heterocycles. The standard InChI is InChI=1S/C29H49N3O11.C23H43N3O10.C10H11NO4/c1-9-10-11-12-19(33)30-14-18-22(36)20(34)15(2)25(40-18)41-24-17(32-27(39)43-29(6,7)8)13-16(21(35)23(24)37)31-26(38)42-28(3,4)5;1-10-14(27)16(29)13(9-24)33-19(10)34-18-12(26-21(32)36-23(5,6)7)8-11(15(28)17(18)30)25-20(31)35-22(2,3)4;1-2-3-4-5-10(14)15-11-8(12)6-7-9(11)13/h1,15-18,20-25,34-37H,10-14H2,2-8H3,(H,30,33)(H,31,38)(H,32,39);10-19,27-30H,8-9,24H2,1-7H3,(H,25,31)(H,26,32);1H,3-7H2/t15?,16-,17?,18?,20-,21?,22-,23-,24-,25-;10?,11-,12?,13?,14-,15?,16-,17-,18-,19-;/m11./s1. The molecule has 15 N–H and O–H groups in total. The minimum absolute atomic E-state index is 0.0476. The fraction of sp³-hybridized carbons (Fsp3) is 0.806. The molecule has 2 saturated carbocycles. The van der Waals surface area contributed by atoms with Crippen molar-refractivity contribution >= 4 is 48.1 Å². The molecule has 94 heavy (non-hydrogen) atoms. The van der Waals surface area contributed by atoms with Crippen molar-refractivity contribution in [1.29, 1.82) is 0 Å². The molecular formula is C62H103N7O25. The Labute approximate surface area is 548 Å². The quantitative estimate of drug-likeness (QED) is 0.0372. The molecule has 0 bridgehead atoms. The number of amides is 7. The monoisotopic (exact) mass is 1350 g/mol. The van der Waals surface area contributed by atoms with Crippen molar-refractivity contribution < 1.29 is 122 Å². The van der Waals surface area contributed by atoms with Crippen LogP contribution in [0.5, 0.6) is 0 Å². The Balaban J connectivity index is 0.000000406. The van der Waals surface area contributed by atoms with Crippen LogP contribution in [0.3, 0.4) is 0 Å². The Kier molecular flexibility index (Phi) is 31.6. The number of unbranched alkanes of at least 4 members (excludes halogenated alkanes) is 2. The van der Waals surface area contributed by atoms with Gasteiger partial charge in [0, 0.05) is 63.5 Å². The predicted octanol–water partition coefficient (Wildman–Crippen LogP) is 0.00850. The van der Waals surface area contributed by atoms with Crippen LogP contribution in [0.2, 0.25) is 0 Å². The molecule has 0 aromatic rings. The van der Waals surface area contributed by atoms with E-state index in [0.29, 0.717) is 30.7 Å². The average molecular weight is 1350 g/mol. The van der Waals surface area contributed by atoms with Crippen LogP contribution in [0.25, 0.3) is 0 Å². The van der Waals surface area contributed by atoms with Gasteiger partial charge in [-0.2, -0.15) is 0 Å². The van der Waals surface area contributed by atoms with Crippen LogP contribution in [-0.4, -0.2) is 239 Å². The number of ether oxygens (including phenoxy) is 8. The molecule has 3 saturated heterocycles.